The van der Waals surface area contributed by atoms with E-state index in [9.17, 15) is 9.50 Å². The van der Waals surface area contributed by atoms with E-state index in [1.807, 2.05) is 12.4 Å². The number of fused-ring (bicyclic) bond motifs is 1. The molecule has 2 aliphatic heterocycles. The fourth-order valence-electron chi connectivity index (χ4n) is 4.74. The van der Waals surface area contributed by atoms with Crippen molar-refractivity contribution in [1.29, 1.82) is 0 Å². The third kappa shape index (κ3) is 4.13. The van der Waals surface area contributed by atoms with Crippen molar-refractivity contribution >= 4 is 34.2 Å². The van der Waals surface area contributed by atoms with Crippen LogP contribution >= 0.6 is 0 Å². The van der Waals surface area contributed by atoms with Crippen LogP contribution in [0.5, 0.6) is 0 Å². The number of aromatic nitrogens is 4. The van der Waals surface area contributed by atoms with Crippen molar-refractivity contribution in [2.24, 2.45) is 0 Å². The van der Waals surface area contributed by atoms with Gasteiger partial charge in [-0.3, -0.25) is 0 Å². The number of halogens is 1. The Morgan fingerprint density at radius 1 is 1.12 bits per heavy atom. The molecule has 0 amide bonds. The second-order valence-corrected chi connectivity index (χ2v) is 10.0. The van der Waals surface area contributed by atoms with Crippen LogP contribution in [-0.4, -0.2) is 62.5 Å². The average Bonchev–Trinajstić information content (AvgIpc) is 2.79. The zero-order valence-corrected chi connectivity index (χ0v) is 20.2. The van der Waals surface area contributed by atoms with Crippen LogP contribution in [0.25, 0.3) is 10.8 Å². The van der Waals surface area contributed by atoms with Gasteiger partial charge in [0.2, 0.25) is 5.95 Å². The van der Waals surface area contributed by atoms with E-state index < -0.39 is 11.8 Å². The highest BCUT2D eigenvalue weighted by molar-refractivity contribution is 5.96. The molecule has 5 rings (SSSR count). The normalized spacial score (nSPS) is 25.0. The van der Waals surface area contributed by atoms with Crippen LogP contribution in [0.15, 0.2) is 30.7 Å². The highest BCUT2D eigenvalue weighted by Crippen LogP contribution is 2.36. The lowest BCUT2D eigenvalue weighted by molar-refractivity contribution is -0.00860. The van der Waals surface area contributed by atoms with Crippen molar-refractivity contribution < 1.29 is 9.50 Å². The number of hydrogen-bond acceptors (Lipinski definition) is 8. The van der Waals surface area contributed by atoms with E-state index in [2.05, 4.69) is 52.0 Å². The van der Waals surface area contributed by atoms with E-state index in [4.69, 9.17) is 4.98 Å². The molecule has 0 aromatic carbocycles. The summed E-state index contributed by atoms with van der Waals surface area (Å²) in [6, 6.07) is 4.31. The minimum atomic E-state index is -1.70. The Morgan fingerprint density at radius 3 is 2.62 bits per heavy atom. The quantitative estimate of drug-likeness (QED) is 0.580. The Labute approximate surface area is 199 Å². The predicted molar refractivity (Wildman–Crippen MR) is 133 cm³/mol. The fourth-order valence-corrected chi connectivity index (χ4v) is 4.74. The number of aliphatic hydroxyl groups excluding tert-OH is 1. The molecule has 2 fully saturated rings. The van der Waals surface area contributed by atoms with Crippen LogP contribution in [0.4, 0.5) is 27.8 Å². The van der Waals surface area contributed by atoms with Crippen LogP contribution in [0.3, 0.4) is 0 Å². The summed E-state index contributed by atoms with van der Waals surface area (Å²) in [5.74, 6) is 3.01. The zero-order valence-electron chi connectivity index (χ0n) is 20.2. The van der Waals surface area contributed by atoms with Crippen LogP contribution in [0.2, 0.25) is 0 Å². The number of rotatable bonds is 5. The van der Waals surface area contributed by atoms with Crippen LogP contribution < -0.4 is 15.1 Å². The summed E-state index contributed by atoms with van der Waals surface area (Å²) in [6.07, 6.45) is 6.07. The molecule has 2 saturated heterocycles. The molecule has 0 unspecified atom stereocenters. The van der Waals surface area contributed by atoms with Gasteiger partial charge in [-0.2, -0.15) is 4.98 Å². The zero-order chi connectivity index (χ0) is 24.0. The van der Waals surface area contributed by atoms with Gasteiger partial charge in [-0.1, -0.05) is 13.8 Å². The second kappa shape index (κ2) is 8.61. The largest absolute Gasteiger partial charge is 0.390 e. The molecule has 180 valence electrons. The van der Waals surface area contributed by atoms with Gasteiger partial charge in [0.1, 0.15) is 17.5 Å². The number of hydrogen-bond donors (Lipinski definition) is 2. The van der Waals surface area contributed by atoms with E-state index in [1.165, 1.54) is 18.9 Å². The van der Waals surface area contributed by atoms with Crippen molar-refractivity contribution in [2.75, 3.05) is 34.8 Å². The topological polar surface area (TPSA) is 90.3 Å². The number of alkyl halides is 1. The van der Waals surface area contributed by atoms with Gasteiger partial charge in [0.05, 0.1) is 12.6 Å². The molecule has 0 spiro atoms. The maximum atomic E-state index is 14.7. The smallest absolute Gasteiger partial charge is 0.227 e. The molecular formula is C25H32FN7O. The summed E-state index contributed by atoms with van der Waals surface area (Å²) in [5.41, 5.74) is -0.521. The number of aliphatic hydroxyl groups is 1. The predicted octanol–water partition coefficient (Wildman–Crippen LogP) is 4.18. The molecule has 0 radical (unpaired) electrons. The minimum absolute atomic E-state index is 0.0499. The van der Waals surface area contributed by atoms with Gasteiger partial charge in [-0.15, -0.1) is 0 Å². The van der Waals surface area contributed by atoms with E-state index >= 15 is 0 Å². The summed E-state index contributed by atoms with van der Waals surface area (Å²) in [5, 5.41) is 15.4. The first kappa shape index (κ1) is 22.7. The van der Waals surface area contributed by atoms with Gasteiger partial charge in [-0.05, 0) is 55.7 Å². The van der Waals surface area contributed by atoms with Crippen molar-refractivity contribution in [3.8, 4) is 0 Å². The molecule has 0 saturated carbocycles. The maximum absolute atomic E-state index is 14.7. The van der Waals surface area contributed by atoms with Gasteiger partial charge in [-0.25, -0.2) is 19.3 Å². The number of pyridine rings is 2. The maximum Gasteiger partial charge on any atom is 0.227 e. The van der Waals surface area contributed by atoms with E-state index in [0.29, 0.717) is 42.5 Å². The number of anilines is 4. The van der Waals surface area contributed by atoms with Crippen molar-refractivity contribution in [3.05, 3.63) is 36.3 Å². The summed E-state index contributed by atoms with van der Waals surface area (Å²) >= 11 is 0. The molecule has 2 aliphatic rings. The van der Waals surface area contributed by atoms with Gasteiger partial charge < -0.3 is 20.2 Å². The Balaban J connectivity index is 1.44. The third-order valence-corrected chi connectivity index (χ3v) is 7.04. The summed E-state index contributed by atoms with van der Waals surface area (Å²) < 4.78 is 14.7. The molecule has 3 aromatic heterocycles. The third-order valence-electron chi connectivity index (χ3n) is 7.04. The second-order valence-electron chi connectivity index (χ2n) is 10.0. The van der Waals surface area contributed by atoms with Crippen LogP contribution in [0, 0.1) is 0 Å². The number of nitrogens with zero attached hydrogens (tertiary/aromatic N) is 6. The monoisotopic (exact) mass is 465 g/mol. The highest BCUT2D eigenvalue weighted by atomic mass is 19.1. The molecule has 3 atom stereocenters. The lowest BCUT2D eigenvalue weighted by Crippen LogP contribution is -2.52. The molecule has 5 heterocycles. The first-order valence-corrected chi connectivity index (χ1v) is 12.0. The Hall–Kier alpha value is -3.07. The van der Waals surface area contributed by atoms with Gasteiger partial charge in [0.15, 0.2) is 5.67 Å². The molecule has 8 nitrogen and oxygen atoms in total. The molecular weight excluding hydrogens is 433 g/mol. The van der Waals surface area contributed by atoms with Crippen LogP contribution in [-0.2, 0) is 0 Å². The molecule has 9 heteroatoms. The van der Waals surface area contributed by atoms with E-state index in [1.54, 1.807) is 17.2 Å². The Morgan fingerprint density at radius 2 is 1.94 bits per heavy atom. The Kier molecular flexibility index (Phi) is 5.75. The van der Waals surface area contributed by atoms with Gasteiger partial charge in [0, 0.05) is 43.1 Å². The van der Waals surface area contributed by atoms with Crippen LogP contribution in [0.1, 0.15) is 52.0 Å². The van der Waals surface area contributed by atoms with Crippen molar-refractivity contribution in [3.63, 3.8) is 0 Å². The fraction of sp³-hybridized carbons (Fsp3) is 0.520. The first-order valence-electron chi connectivity index (χ1n) is 12.0. The van der Waals surface area contributed by atoms with E-state index in [-0.39, 0.29) is 6.54 Å². The average molecular weight is 466 g/mol. The summed E-state index contributed by atoms with van der Waals surface area (Å²) in [4.78, 5) is 22.5. The molecule has 34 heavy (non-hydrogen) atoms. The summed E-state index contributed by atoms with van der Waals surface area (Å²) in [7, 11) is 0. The van der Waals surface area contributed by atoms with Gasteiger partial charge in [0.25, 0.3) is 0 Å². The first-order chi connectivity index (χ1) is 16.2. The molecule has 0 bridgehead atoms. The minimum Gasteiger partial charge on any atom is -0.390 e. The Bertz CT molecular complexity index is 1200. The highest BCUT2D eigenvalue weighted by Gasteiger charge is 2.39. The SMILES string of the molecule is CC(C)c1cnc(N2CC[C@@H]2C)c2cnc(Nc3ccnc(N4CC[C@H](O)[C@](C)(F)C4)n3)cc12. The molecule has 2 N–H and O–H groups in total. The lowest BCUT2D eigenvalue weighted by Gasteiger charge is -2.40. The lowest BCUT2D eigenvalue weighted by atomic mass is 9.94. The van der Waals surface area contributed by atoms with Crippen molar-refractivity contribution in [1.82, 2.24) is 19.9 Å². The number of nitrogens with one attached hydrogen (secondary N) is 1. The molecule has 0 aliphatic carbocycles. The standard InChI is InChI=1S/C25H32FN7O/c1-15(2)18-12-29-23(33-10-6-16(33)3)19-13-28-22(11-17(18)19)30-21-5-8-27-24(31-21)32-9-7-20(34)25(4,26)14-32/h5,8,11-13,15-16,20,34H,6-7,9-10,14H2,1-4H3,(H,27,28,30,31)/t16-,20-,25+/m0/s1. The van der Waals surface area contributed by atoms with Crippen molar-refractivity contribution in [2.45, 2.75) is 64.3 Å². The van der Waals surface area contributed by atoms with E-state index in [0.717, 1.165) is 23.1 Å². The van der Waals surface area contributed by atoms with Gasteiger partial charge >= 0.3 is 0 Å². The molecule has 3 aromatic rings. The number of piperidine rings is 1. The summed E-state index contributed by atoms with van der Waals surface area (Å²) in [6.45, 7) is 9.54.